The predicted molar refractivity (Wildman–Crippen MR) is 118 cm³/mol. The van der Waals surface area contributed by atoms with Crippen molar-refractivity contribution in [1.29, 1.82) is 0 Å². The second-order valence-corrected chi connectivity index (χ2v) is 8.39. The zero-order chi connectivity index (χ0) is 20.5. The Bertz CT molecular complexity index is 1200. The summed E-state index contributed by atoms with van der Waals surface area (Å²) in [7, 11) is 1.82. The summed E-state index contributed by atoms with van der Waals surface area (Å²) in [4.78, 5) is 19.0. The number of benzene rings is 2. The molecule has 0 spiro atoms. The molecule has 0 aliphatic carbocycles. The number of rotatable bonds is 5. The molecule has 5 nitrogen and oxygen atoms in total. The molecule has 29 heavy (non-hydrogen) atoms. The Kier molecular flexibility index (Phi) is 5.39. The van der Waals surface area contributed by atoms with E-state index in [0.717, 1.165) is 37.8 Å². The number of thiazole rings is 1. The van der Waals surface area contributed by atoms with Crippen LogP contribution in [0.25, 0.3) is 10.2 Å². The SMILES string of the molecule is Cc1nn(Cc2ccccc2Cl)c(C)c1CN(C)C(=O)c1ccc2ncsc2c1. The predicted octanol–water partition coefficient (Wildman–Crippen LogP) is 5.08. The van der Waals surface area contributed by atoms with Crippen LogP contribution in [0, 0.1) is 13.8 Å². The van der Waals surface area contributed by atoms with E-state index >= 15 is 0 Å². The minimum atomic E-state index is -0.0158. The van der Waals surface area contributed by atoms with Gasteiger partial charge in [-0.3, -0.25) is 9.48 Å². The number of fused-ring (bicyclic) bond motifs is 1. The lowest BCUT2D eigenvalue weighted by Crippen LogP contribution is -2.26. The van der Waals surface area contributed by atoms with E-state index in [-0.39, 0.29) is 5.91 Å². The minimum absolute atomic E-state index is 0.0158. The van der Waals surface area contributed by atoms with E-state index in [1.807, 2.05) is 68.0 Å². The number of carbonyl (C=O) groups excluding carboxylic acids is 1. The average Bonchev–Trinajstić information content (AvgIpc) is 3.28. The Morgan fingerprint density at radius 1 is 1.21 bits per heavy atom. The first kappa shape index (κ1) is 19.6. The van der Waals surface area contributed by atoms with Crippen LogP contribution in [0.1, 0.15) is 32.9 Å². The molecule has 2 aromatic carbocycles. The zero-order valence-electron chi connectivity index (χ0n) is 16.5. The number of nitrogens with zero attached hydrogens (tertiary/aromatic N) is 4. The number of amides is 1. The van der Waals surface area contributed by atoms with Gasteiger partial charge in [0.15, 0.2) is 0 Å². The van der Waals surface area contributed by atoms with Gasteiger partial charge in [-0.15, -0.1) is 11.3 Å². The van der Waals surface area contributed by atoms with Crippen molar-refractivity contribution in [2.75, 3.05) is 7.05 Å². The Morgan fingerprint density at radius 2 is 2.00 bits per heavy atom. The highest BCUT2D eigenvalue weighted by atomic mass is 35.5. The average molecular weight is 425 g/mol. The molecule has 4 aromatic rings. The van der Waals surface area contributed by atoms with Gasteiger partial charge in [-0.25, -0.2) is 4.98 Å². The molecule has 2 heterocycles. The van der Waals surface area contributed by atoms with Gasteiger partial charge in [-0.1, -0.05) is 29.8 Å². The molecule has 0 bridgehead atoms. The Labute approximate surface area is 178 Å². The molecule has 7 heteroatoms. The summed E-state index contributed by atoms with van der Waals surface area (Å²) < 4.78 is 2.97. The number of hydrogen-bond acceptors (Lipinski definition) is 4. The van der Waals surface area contributed by atoms with Crippen molar-refractivity contribution in [2.45, 2.75) is 26.9 Å². The molecule has 0 unspecified atom stereocenters. The third kappa shape index (κ3) is 3.91. The molecule has 4 rings (SSSR count). The van der Waals surface area contributed by atoms with Crippen molar-refractivity contribution >= 4 is 39.1 Å². The fraction of sp³-hybridized carbons (Fsp3) is 0.227. The maximum absolute atomic E-state index is 12.9. The second kappa shape index (κ2) is 7.97. The molecule has 148 valence electrons. The molecular weight excluding hydrogens is 404 g/mol. The van der Waals surface area contributed by atoms with Crippen molar-refractivity contribution < 1.29 is 4.79 Å². The molecule has 0 atom stereocenters. The number of aryl methyl sites for hydroxylation is 1. The van der Waals surface area contributed by atoms with Crippen LogP contribution in [-0.2, 0) is 13.1 Å². The van der Waals surface area contributed by atoms with Crippen LogP contribution < -0.4 is 0 Å². The first-order valence-corrected chi connectivity index (χ1v) is 10.5. The fourth-order valence-electron chi connectivity index (χ4n) is 3.42. The lowest BCUT2D eigenvalue weighted by Gasteiger charge is -2.18. The third-order valence-corrected chi connectivity index (χ3v) is 6.29. The maximum Gasteiger partial charge on any atom is 0.253 e. The summed E-state index contributed by atoms with van der Waals surface area (Å²) in [6, 6.07) is 13.4. The normalized spacial score (nSPS) is 11.2. The lowest BCUT2D eigenvalue weighted by atomic mass is 10.1. The summed E-state index contributed by atoms with van der Waals surface area (Å²) in [6.07, 6.45) is 0. The van der Waals surface area contributed by atoms with E-state index in [2.05, 4.69) is 10.1 Å². The van der Waals surface area contributed by atoms with Crippen LogP contribution in [0.15, 0.2) is 48.0 Å². The van der Waals surface area contributed by atoms with Gasteiger partial charge in [-0.2, -0.15) is 5.10 Å². The highest BCUT2D eigenvalue weighted by Gasteiger charge is 2.18. The number of carbonyl (C=O) groups is 1. The summed E-state index contributed by atoms with van der Waals surface area (Å²) in [5.41, 5.74) is 7.43. The molecule has 0 saturated heterocycles. The van der Waals surface area contributed by atoms with E-state index < -0.39 is 0 Å². The summed E-state index contributed by atoms with van der Waals surface area (Å²) in [5, 5.41) is 5.41. The van der Waals surface area contributed by atoms with E-state index in [1.54, 1.807) is 10.4 Å². The first-order chi connectivity index (χ1) is 13.9. The number of halogens is 1. The van der Waals surface area contributed by atoms with Gasteiger partial charge in [0.05, 0.1) is 28.0 Å². The molecule has 0 radical (unpaired) electrons. The van der Waals surface area contributed by atoms with Gasteiger partial charge in [0, 0.05) is 35.4 Å². The van der Waals surface area contributed by atoms with Crippen LogP contribution in [0.2, 0.25) is 5.02 Å². The molecule has 0 fully saturated rings. The van der Waals surface area contributed by atoms with Crippen molar-refractivity contribution in [3.63, 3.8) is 0 Å². The summed E-state index contributed by atoms with van der Waals surface area (Å²) >= 11 is 7.84. The molecule has 0 aliphatic heterocycles. The van der Waals surface area contributed by atoms with Gasteiger partial charge in [-0.05, 0) is 43.7 Å². The smallest absolute Gasteiger partial charge is 0.253 e. The highest BCUT2D eigenvalue weighted by molar-refractivity contribution is 7.16. The maximum atomic E-state index is 12.9. The number of hydrogen-bond donors (Lipinski definition) is 0. The van der Waals surface area contributed by atoms with Crippen molar-refractivity contribution in [2.24, 2.45) is 0 Å². The third-order valence-electron chi connectivity index (χ3n) is 5.13. The van der Waals surface area contributed by atoms with Crippen molar-refractivity contribution in [3.05, 3.63) is 81.1 Å². The molecule has 1 amide bonds. The van der Waals surface area contributed by atoms with Crippen LogP contribution in [-0.4, -0.2) is 32.6 Å². The van der Waals surface area contributed by atoms with Crippen molar-refractivity contribution in [1.82, 2.24) is 19.7 Å². The Hall–Kier alpha value is -2.70. The highest BCUT2D eigenvalue weighted by Crippen LogP contribution is 2.23. The molecule has 2 aromatic heterocycles. The van der Waals surface area contributed by atoms with Gasteiger partial charge >= 0.3 is 0 Å². The van der Waals surface area contributed by atoms with Gasteiger partial charge in [0.25, 0.3) is 5.91 Å². The van der Waals surface area contributed by atoms with E-state index in [1.165, 1.54) is 11.3 Å². The molecule has 0 aliphatic rings. The van der Waals surface area contributed by atoms with E-state index in [0.29, 0.717) is 18.7 Å². The van der Waals surface area contributed by atoms with Crippen LogP contribution >= 0.6 is 22.9 Å². The van der Waals surface area contributed by atoms with Crippen LogP contribution in [0.5, 0.6) is 0 Å². The summed E-state index contributed by atoms with van der Waals surface area (Å²) in [6.45, 7) is 5.12. The molecule has 0 saturated carbocycles. The van der Waals surface area contributed by atoms with Crippen LogP contribution in [0.3, 0.4) is 0 Å². The Morgan fingerprint density at radius 3 is 2.79 bits per heavy atom. The topological polar surface area (TPSA) is 51.0 Å². The monoisotopic (exact) mass is 424 g/mol. The fourth-order valence-corrected chi connectivity index (χ4v) is 4.33. The van der Waals surface area contributed by atoms with Gasteiger partial charge in [0.2, 0.25) is 0 Å². The largest absolute Gasteiger partial charge is 0.337 e. The van der Waals surface area contributed by atoms with Gasteiger partial charge < -0.3 is 4.90 Å². The van der Waals surface area contributed by atoms with E-state index in [4.69, 9.17) is 11.6 Å². The van der Waals surface area contributed by atoms with Crippen LogP contribution in [0.4, 0.5) is 0 Å². The second-order valence-electron chi connectivity index (χ2n) is 7.09. The lowest BCUT2D eigenvalue weighted by molar-refractivity contribution is 0.0785. The van der Waals surface area contributed by atoms with E-state index in [9.17, 15) is 4.79 Å². The number of aromatic nitrogens is 3. The Balaban J connectivity index is 1.54. The van der Waals surface area contributed by atoms with Gasteiger partial charge in [0.1, 0.15) is 0 Å². The molecular formula is C22H21ClN4OS. The summed E-state index contributed by atoms with van der Waals surface area (Å²) in [5.74, 6) is -0.0158. The first-order valence-electron chi connectivity index (χ1n) is 9.29. The molecule has 0 N–H and O–H groups in total. The quantitative estimate of drug-likeness (QED) is 0.448. The minimum Gasteiger partial charge on any atom is -0.337 e. The zero-order valence-corrected chi connectivity index (χ0v) is 18.1. The standard InChI is InChI=1S/C22H21ClN4OS/c1-14-18(15(2)27(25-14)11-17-6-4-5-7-19(17)23)12-26(3)22(28)16-8-9-20-21(10-16)29-13-24-20/h4-10,13H,11-12H2,1-3H3. The van der Waals surface area contributed by atoms with Crippen molar-refractivity contribution in [3.8, 4) is 0 Å².